The second-order valence-corrected chi connectivity index (χ2v) is 7.66. The summed E-state index contributed by atoms with van der Waals surface area (Å²) in [6.45, 7) is 8.85. The van der Waals surface area contributed by atoms with Gasteiger partial charge in [-0.3, -0.25) is 4.99 Å². The Balaban J connectivity index is 0.00000341. The van der Waals surface area contributed by atoms with Crippen LogP contribution in [0.1, 0.15) is 19.2 Å². The van der Waals surface area contributed by atoms with Crippen LogP contribution in [0.15, 0.2) is 35.6 Å². The van der Waals surface area contributed by atoms with Gasteiger partial charge in [-0.25, -0.2) is 0 Å². The minimum absolute atomic E-state index is 0. The Morgan fingerprint density at radius 2 is 2.06 bits per heavy atom. The molecule has 0 unspecified atom stereocenters. The molecule has 8 nitrogen and oxygen atoms in total. The van der Waals surface area contributed by atoms with Gasteiger partial charge in [0.1, 0.15) is 12.2 Å². The lowest BCUT2D eigenvalue weighted by Gasteiger charge is -2.38. The van der Waals surface area contributed by atoms with Crippen LogP contribution < -0.4 is 10.2 Å². The summed E-state index contributed by atoms with van der Waals surface area (Å²) in [6.07, 6.45) is 3.58. The van der Waals surface area contributed by atoms with E-state index in [0.717, 1.165) is 82.1 Å². The number of guanidine groups is 1. The van der Waals surface area contributed by atoms with Crippen molar-refractivity contribution in [2.45, 2.75) is 26.3 Å². The van der Waals surface area contributed by atoms with Gasteiger partial charge in [0.05, 0.1) is 0 Å². The van der Waals surface area contributed by atoms with Crippen molar-refractivity contribution in [2.24, 2.45) is 4.99 Å². The molecule has 0 atom stereocenters. The number of halogens is 2. The number of methoxy groups -OCH3 is 1. The van der Waals surface area contributed by atoms with Crippen molar-refractivity contribution in [3.05, 3.63) is 41.4 Å². The summed E-state index contributed by atoms with van der Waals surface area (Å²) < 4.78 is 7.25. The molecule has 2 heterocycles. The highest BCUT2D eigenvalue weighted by Crippen LogP contribution is 2.20. The Bertz CT molecular complexity index is 809. The molecule has 172 valence electrons. The third-order valence-electron chi connectivity index (χ3n) is 5.17. The van der Waals surface area contributed by atoms with Crippen LogP contribution in [-0.4, -0.2) is 78.6 Å². The number of nitrogens with one attached hydrogen (secondary N) is 1. The van der Waals surface area contributed by atoms with Gasteiger partial charge in [-0.15, -0.1) is 34.2 Å². The topological polar surface area (TPSA) is 70.8 Å². The maximum absolute atomic E-state index is 6.16. The minimum Gasteiger partial charge on any atom is -0.385 e. The molecular weight excluding hydrogens is 529 g/mol. The molecule has 31 heavy (non-hydrogen) atoms. The highest BCUT2D eigenvalue weighted by molar-refractivity contribution is 14.0. The predicted octanol–water partition coefficient (Wildman–Crippen LogP) is 2.92. The van der Waals surface area contributed by atoms with Gasteiger partial charge in [0.2, 0.25) is 0 Å². The Morgan fingerprint density at radius 1 is 1.26 bits per heavy atom. The molecule has 3 rings (SSSR count). The van der Waals surface area contributed by atoms with Crippen molar-refractivity contribution in [1.82, 2.24) is 25.0 Å². The van der Waals surface area contributed by atoms with E-state index in [4.69, 9.17) is 21.3 Å². The van der Waals surface area contributed by atoms with Crippen molar-refractivity contribution in [1.29, 1.82) is 0 Å². The third-order valence-corrected chi connectivity index (χ3v) is 5.40. The number of hydrogen-bond acceptors (Lipinski definition) is 5. The molecule has 0 radical (unpaired) electrons. The number of anilines is 1. The fourth-order valence-electron chi connectivity index (χ4n) is 3.54. The quantitative estimate of drug-likeness (QED) is 0.220. The van der Waals surface area contributed by atoms with Gasteiger partial charge in [-0.2, -0.15) is 0 Å². The van der Waals surface area contributed by atoms with Crippen LogP contribution in [0.3, 0.4) is 0 Å². The molecular formula is C21H33ClIN7O. The van der Waals surface area contributed by atoms with Crippen molar-refractivity contribution in [2.75, 3.05) is 57.9 Å². The van der Waals surface area contributed by atoms with Crippen LogP contribution in [0, 0.1) is 0 Å². The Labute approximate surface area is 207 Å². The first-order valence-electron chi connectivity index (χ1n) is 10.6. The molecule has 1 fully saturated rings. The average molecular weight is 562 g/mol. The van der Waals surface area contributed by atoms with E-state index in [0.29, 0.717) is 0 Å². The van der Waals surface area contributed by atoms with E-state index in [1.165, 1.54) is 5.69 Å². The molecule has 0 bridgehead atoms. The molecule has 1 aromatic heterocycles. The molecule has 0 aliphatic carbocycles. The number of aliphatic imine (C=N–C) groups is 1. The fraction of sp³-hybridized carbons (Fsp3) is 0.571. The molecule has 0 spiro atoms. The summed E-state index contributed by atoms with van der Waals surface area (Å²) in [4.78, 5) is 9.53. The second kappa shape index (κ2) is 13.7. The lowest BCUT2D eigenvalue weighted by molar-refractivity contribution is 0.197. The van der Waals surface area contributed by atoms with Crippen LogP contribution in [0.25, 0.3) is 0 Å². The monoisotopic (exact) mass is 561 g/mol. The number of hydrogen-bond donors (Lipinski definition) is 1. The zero-order valence-corrected chi connectivity index (χ0v) is 21.4. The highest BCUT2D eigenvalue weighted by atomic mass is 127. The highest BCUT2D eigenvalue weighted by Gasteiger charge is 2.20. The van der Waals surface area contributed by atoms with Crippen LogP contribution in [-0.2, 0) is 17.7 Å². The normalized spacial score (nSPS) is 14.5. The third kappa shape index (κ3) is 7.80. The molecule has 1 N–H and O–H groups in total. The number of benzene rings is 1. The largest absolute Gasteiger partial charge is 0.385 e. The Morgan fingerprint density at radius 3 is 2.77 bits per heavy atom. The number of ether oxygens (including phenoxy) is 1. The van der Waals surface area contributed by atoms with Gasteiger partial charge in [-0.1, -0.05) is 24.6 Å². The molecule has 10 heteroatoms. The standard InChI is InChI=1S/C21H32ClN7O.HI/c1-3-20-26-25-17-29(20)10-9-24-21(23-8-5-15-30-2)28-13-11-27(12-14-28)19-7-4-6-18(22)16-19;/h4,6-7,16-17H,3,5,8-15H2,1-2H3,(H,23,24);1H. The molecule has 1 aliphatic rings. The number of nitrogens with zero attached hydrogens (tertiary/aromatic N) is 6. The van der Waals surface area contributed by atoms with Gasteiger partial charge in [0, 0.05) is 76.7 Å². The first kappa shape index (κ1) is 25.7. The van der Waals surface area contributed by atoms with Crippen LogP contribution in [0.4, 0.5) is 5.69 Å². The zero-order valence-electron chi connectivity index (χ0n) is 18.3. The van der Waals surface area contributed by atoms with E-state index in [9.17, 15) is 0 Å². The molecule has 1 aromatic carbocycles. The SMILES string of the molecule is CCc1nncn1CCNC(=NCCCOC)N1CCN(c2cccc(Cl)c2)CC1.I. The van der Waals surface area contributed by atoms with Crippen LogP contribution in [0.5, 0.6) is 0 Å². The summed E-state index contributed by atoms with van der Waals surface area (Å²) in [5, 5.41) is 12.5. The molecule has 1 aliphatic heterocycles. The van der Waals surface area contributed by atoms with Gasteiger partial charge < -0.3 is 24.4 Å². The lowest BCUT2D eigenvalue weighted by Crippen LogP contribution is -2.53. The average Bonchev–Trinajstić information content (AvgIpc) is 3.23. The van der Waals surface area contributed by atoms with E-state index in [1.807, 2.05) is 18.2 Å². The Kier molecular flexibility index (Phi) is 11.4. The van der Waals surface area contributed by atoms with E-state index < -0.39 is 0 Å². The second-order valence-electron chi connectivity index (χ2n) is 7.23. The maximum Gasteiger partial charge on any atom is 0.194 e. The van der Waals surface area contributed by atoms with Crippen LogP contribution >= 0.6 is 35.6 Å². The predicted molar refractivity (Wildman–Crippen MR) is 137 cm³/mol. The zero-order chi connectivity index (χ0) is 21.2. The van der Waals surface area contributed by atoms with Gasteiger partial charge in [0.15, 0.2) is 5.96 Å². The van der Waals surface area contributed by atoms with Gasteiger partial charge >= 0.3 is 0 Å². The first-order chi connectivity index (χ1) is 14.7. The van der Waals surface area contributed by atoms with Crippen LogP contribution in [0.2, 0.25) is 5.02 Å². The number of piperazine rings is 1. The van der Waals surface area contributed by atoms with E-state index >= 15 is 0 Å². The lowest BCUT2D eigenvalue weighted by atomic mass is 10.2. The molecule has 0 amide bonds. The van der Waals surface area contributed by atoms with Crippen molar-refractivity contribution >= 4 is 47.2 Å². The molecule has 2 aromatic rings. The first-order valence-corrected chi connectivity index (χ1v) is 11.0. The summed E-state index contributed by atoms with van der Waals surface area (Å²) in [6, 6.07) is 8.06. The fourth-order valence-corrected chi connectivity index (χ4v) is 3.72. The minimum atomic E-state index is 0. The van der Waals surface area contributed by atoms with Crippen molar-refractivity contribution < 1.29 is 4.74 Å². The molecule has 1 saturated heterocycles. The Hall–Kier alpha value is -1.59. The summed E-state index contributed by atoms with van der Waals surface area (Å²) in [5.74, 6) is 1.97. The molecule has 0 saturated carbocycles. The maximum atomic E-state index is 6.16. The smallest absolute Gasteiger partial charge is 0.194 e. The van der Waals surface area contributed by atoms with E-state index in [1.54, 1.807) is 13.4 Å². The van der Waals surface area contributed by atoms with Gasteiger partial charge in [0.25, 0.3) is 0 Å². The number of aromatic nitrogens is 3. The summed E-state index contributed by atoms with van der Waals surface area (Å²) >= 11 is 6.16. The van der Waals surface area contributed by atoms with E-state index in [-0.39, 0.29) is 24.0 Å². The van der Waals surface area contributed by atoms with Crippen molar-refractivity contribution in [3.8, 4) is 0 Å². The van der Waals surface area contributed by atoms with Crippen molar-refractivity contribution in [3.63, 3.8) is 0 Å². The number of rotatable bonds is 9. The van der Waals surface area contributed by atoms with Gasteiger partial charge in [-0.05, 0) is 24.6 Å². The summed E-state index contributed by atoms with van der Waals surface area (Å²) in [5.41, 5.74) is 1.17. The van der Waals surface area contributed by atoms with E-state index in [2.05, 4.69) is 42.9 Å². The number of aryl methyl sites for hydroxylation is 1. The summed E-state index contributed by atoms with van der Waals surface area (Å²) in [7, 11) is 1.72.